The fourth-order valence-corrected chi connectivity index (χ4v) is 1.62. The molecule has 0 unspecified atom stereocenters. The Kier molecular flexibility index (Phi) is 4.09. The monoisotopic (exact) mass is 249 g/mol. The van der Waals surface area contributed by atoms with E-state index in [2.05, 4.69) is 29.0 Å². The minimum Gasteiger partial charge on any atom is -0.335 e. The number of aromatic nitrogens is 4. The molecule has 2 heterocycles. The Labute approximate surface area is 106 Å². The molecule has 0 saturated carbocycles. The molecule has 0 atom stereocenters. The van der Waals surface area contributed by atoms with Crippen LogP contribution in [0.15, 0.2) is 17.0 Å². The molecule has 0 spiro atoms. The normalized spacial score (nSPS) is 11.3. The maximum absolute atomic E-state index is 5.48. The highest BCUT2D eigenvalue weighted by molar-refractivity contribution is 5.44. The second-order valence-electron chi connectivity index (χ2n) is 4.73. The van der Waals surface area contributed by atoms with Crippen molar-refractivity contribution in [1.82, 2.24) is 19.7 Å². The average molecular weight is 249 g/mol. The second kappa shape index (κ2) is 5.77. The summed E-state index contributed by atoms with van der Waals surface area (Å²) in [5, 5.41) is 3.96. The van der Waals surface area contributed by atoms with Gasteiger partial charge in [0.15, 0.2) is 5.82 Å². The zero-order valence-electron chi connectivity index (χ0n) is 10.8. The molecule has 18 heavy (non-hydrogen) atoms. The first-order chi connectivity index (χ1) is 8.69. The van der Waals surface area contributed by atoms with Crippen molar-refractivity contribution in [2.45, 2.75) is 33.2 Å². The van der Waals surface area contributed by atoms with E-state index in [0.29, 0.717) is 24.0 Å². The van der Waals surface area contributed by atoms with Gasteiger partial charge in [-0.25, -0.2) is 4.98 Å². The summed E-state index contributed by atoms with van der Waals surface area (Å²) in [5.41, 5.74) is 6.18. The number of hydrogen-bond donors (Lipinski definition) is 1. The van der Waals surface area contributed by atoms with Crippen LogP contribution in [-0.4, -0.2) is 26.2 Å². The lowest BCUT2D eigenvalue weighted by atomic mass is 10.1. The SMILES string of the molecule is CC(C)CCc1noc(-c2cn(CCN)cn2)n1. The summed E-state index contributed by atoms with van der Waals surface area (Å²) < 4.78 is 7.12. The van der Waals surface area contributed by atoms with Crippen LogP contribution in [0.5, 0.6) is 0 Å². The summed E-state index contributed by atoms with van der Waals surface area (Å²) in [6.45, 7) is 5.67. The largest absolute Gasteiger partial charge is 0.335 e. The van der Waals surface area contributed by atoms with Crippen LogP contribution in [0.4, 0.5) is 0 Å². The Morgan fingerprint density at radius 1 is 1.44 bits per heavy atom. The maximum Gasteiger partial charge on any atom is 0.278 e. The summed E-state index contributed by atoms with van der Waals surface area (Å²) in [4.78, 5) is 8.57. The Morgan fingerprint density at radius 2 is 2.28 bits per heavy atom. The lowest BCUT2D eigenvalue weighted by Crippen LogP contribution is -2.07. The number of imidazole rings is 1. The van der Waals surface area contributed by atoms with Gasteiger partial charge >= 0.3 is 0 Å². The number of nitrogens with two attached hydrogens (primary N) is 1. The van der Waals surface area contributed by atoms with Gasteiger partial charge in [-0.05, 0) is 12.3 Å². The zero-order chi connectivity index (χ0) is 13.0. The highest BCUT2D eigenvalue weighted by atomic mass is 16.5. The minimum absolute atomic E-state index is 0.476. The van der Waals surface area contributed by atoms with Crippen molar-refractivity contribution in [3.8, 4) is 11.6 Å². The molecule has 0 saturated heterocycles. The van der Waals surface area contributed by atoms with Crippen LogP contribution >= 0.6 is 0 Å². The predicted octanol–water partition coefficient (Wildman–Crippen LogP) is 1.48. The number of aryl methyl sites for hydroxylation is 1. The Hall–Kier alpha value is -1.69. The fraction of sp³-hybridized carbons (Fsp3) is 0.583. The van der Waals surface area contributed by atoms with E-state index in [1.807, 2.05) is 10.8 Å². The van der Waals surface area contributed by atoms with E-state index >= 15 is 0 Å². The molecule has 0 aromatic carbocycles. The van der Waals surface area contributed by atoms with Gasteiger partial charge in [-0.3, -0.25) is 0 Å². The third-order valence-corrected chi connectivity index (χ3v) is 2.65. The van der Waals surface area contributed by atoms with Crippen LogP contribution in [0.2, 0.25) is 0 Å². The quantitative estimate of drug-likeness (QED) is 0.838. The lowest BCUT2D eigenvalue weighted by Gasteiger charge is -1.98. The summed E-state index contributed by atoms with van der Waals surface area (Å²) in [5.74, 6) is 1.85. The molecule has 6 heteroatoms. The molecule has 0 aliphatic carbocycles. The lowest BCUT2D eigenvalue weighted by molar-refractivity contribution is 0.418. The van der Waals surface area contributed by atoms with Crippen molar-refractivity contribution in [3.05, 3.63) is 18.3 Å². The molecule has 2 aromatic heterocycles. The average Bonchev–Trinajstić information content (AvgIpc) is 2.94. The van der Waals surface area contributed by atoms with Gasteiger partial charge in [-0.15, -0.1) is 0 Å². The van der Waals surface area contributed by atoms with Crippen molar-refractivity contribution in [2.75, 3.05) is 6.54 Å². The van der Waals surface area contributed by atoms with E-state index in [4.69, 9.17) is 10.3 Å². The standard InChI is InChI=1S/C12H19N5O/c1-9(2)3-4-11-15-12(18-16-11)10-7-17(6-5-13)8-14-10/h7-9H,3-6,13H2,1-2H3. The van der Waals surface area contributed by atoms with Crippen molar-refractivity contribution in [3.63, 3.8) is 0 Å². The van der Waals surface area contributed by atoms with E-state index in [9.17, 15) is 0 Å². The highest BCUT2D eigenvalue weighted by Gasteiger charge is 2.11. The molecule has 0 aliphatic heterocycles. The van der Waals surface area contributed by atoms with E-state index in [0.717, 1.165) is 25.2 Å². The number of rotatable bonds is 6. The van der Waals surface area contributed by atoms with Gasteiger partial charge in [0.2, 0.25) is 0 Å². The maximum atomic E-state index is 5.48. The number of nitrogens with zero attached hydrogens (tertiary/aromatic N) is 4. The van der Waals surface area contributed by atoms with Gasteiger partial charge < -0.3 is 14.8 Å². The van der Waals surface area contributed by atoms with Gasteiger partial charge in [0, 0.05) is 25.7 Å². The first-order valence-electron chi connectivity index (χ1n) is 6.24. The Morgan fingerprint density at radius 3 is 3.00 bits per heavy atom. The molecule has 0 fully saturated rings. The van der Waals surface area contributed by atoms with Crippen LogP contribution in [0.25, 0.3) is 11.6 Å². The summed E-state index contributed by atoms with van der Waals surface area (Å²) in [6.07, 6.45) is 5.48. The van der Waals surface area contributed by atoms with Crippen LogP contribution in [0.3, 0.4) is 0 Å². The smallest absolute Gasteiger partial charge is 0.278 e. The predicted molar refractivity (Wildman–Crippen MR) is 67.7 cm³/mol. The van der Waals surface area contributed by atoms with Crippen LogP contribution in [0.1, 0.15) is 26.1 Å². The first-order valence-corrected chi connectivity index (χ1v) is 6.24. The van der Waals surface area contributed by atoms with Gasteiger partial charge in [0.25, 0.3) is 5.89 Å². The zero-order valence-corrected chi connectivity index (χ0v) is 10.8. The second-order valence-corrected chi connectivity index (χ2v) is 4.73. The molecule has 0 aliphatic rings. The Bertz CT molecular complexity index is 488. The molecule has 0 bridgehead atoms. The van der Waals surface area contributed by atoms with E-state index in [-0.39, 0.29) is 0 Å². The van der Waals surface area contributed by atoms with Crippen LogP contribution < -0.4 is 5.73 Å². The van der Waals surface area contributed by atoms with Crippen molar-refractivity contribution >= 4 is 0 Å². The molecule has 6 nitrogen and oxygen atoms in total. The minimum atomic E-state index is 0.476. The molecular weight excluding hydrogens is 230 g/mol. The Balaban J connectivity index is 2.04. The molecule has 2 rings (SSSR count). The van der Waals surface area contributed by atoms with E-state index < -0.39 is 0 Å². The van der Waals surface area contributed by atoms with Crippen LogP contribution in [-0.2, 0) is 13.0 Å². The van der Waals surface area contributed by atoms with E-state index in [1.165, 1.54) is 0 Å². The molecular formula is C12H19N5O. The summed E-state index contributed by atoms with van der Waals surface area (Å²) in [7, 11) is 0. The van der Waals surface area contributed by atoms with Crippen molar-refractivity contribution in [2.24, 2.45) is 11.7 Å². The van der Waals surface area contributed by atoms with Gasteiger partial charge in [0.05, 0.1) is 6.33 Å². The molecule has 2 N–H and O–H groups in total. The summed E-state index contributed by atoms with van der Waals surface area (Å²) in [6, 6.07) is 0. The van der Waals surface area contributed by atoms with Crippen molar-refractivity contribution in [1.29, 1.82) is 0 Å². The fourth-order valence-electron chi connectivity index (χ4n) is 1.62. The molecule has 0 radical (unpaired) electrons. The van der Waals surface area contributed by atoms with Gasteiger partial charge in [0.1, 0.15) is 5.69 Å². The topological polar surface area (TPSA) is 82.8 Å². The van der Waals surface area contributed by atoms with Crippen LogP contribution in [0, 0.1) is 5.92 Å². The third kappa shape index (κ3) is 3.16. The third-order valence-electron chi connectivity index (χ3n) is 2.65. The molecule has 2 aromatic rings. The highest BCUT2D eigenvalue weighted by Crippen LogP contribution is 2.15. The van der Waals surface area contributed by atoms with Gasteiger partial charge in [-0.2, -0.15) is 4.98 Å². The molecule has 0 amide bonds. The summed E-state index contributed by atoms with van der Waals surface area (Å²) >= 11 is 0. The first kappa shape index (κ1) is 12.8. The van der Waals surface area contributed by atoms with Crippen molar-refractivity contribution < 1.29 is 4.52 Å². The van der Waals surface area contributed by atoms with Gasteiger partial charge in [-0.1, -0.05) is 19.0 Å². The van der Waals surface area contributed by atoms with E-state index in [1.54, 1.807) is 6.33 Å². The molecule has 98 valence electrons. The number of hydrogen-bond acceptors (Lipinski definition) is 5.